The normalized spacial score (nSPS) is 11.3. The number of anilines is 3. The zero-order valence-electron chi connectivity index (χ0n) is 17.9. The second kappa shape index (κ2) is 8.03. The van der Waals surface area contributed by atoms with Crippen LogP contribution in [-0.4, -0.2) is 25.7 Å². The van der Waals surface area contributed by atoms with E-state index in [9.17, 15) is 4.79 Å². The third kappa shape index (κ3) is 4.09. The van der Waals surface area contributed by atoms with Crippen LogP contribution in [0.4, 0.5) is 22.1 Å². The molecule has 0 aliphatic carbocycles. The average molecular weight is 430 g/mol. The molecule has 4 aromatic rings. The summed E-state index contributed by atoms with van der Waals surface area (Å²) in [5.41, 5.74) is 8.72. The van der Waals surface area contributed by atoms with Gasteiger partial charge < -0.3 is 20.1 Å². The number of rotatable bonds is 4. The highest BCUT2D eigenvalue weighted by Crippen LogP contribution is 2.33. The summed E-state index contributed by atoms with van der Waals surface area (Å²) in [6.07, 6.45) is 3.20. The summed E-state index contributed by atoms with van der Waals surface area (Å²) in [6.45, 7) is 6.13. The van der Waals surface area contributed by atoms with Gasteiger partial charge in [-0.3, -0.25) is 5.32 Å². The first-order valence-electron chi connectivity index (χ1n) is 9.88. The van der Waals surface area contributed by atoms with E-state index in [-0.39, 0.29) is 12.0 Å². The first-order chi connectivity index (χ1) is 15.3. The number of nitrogens with one attached hydrogen (secondary N) is 2. The van der Waals surface area contributed by atoms with Crippen LogP contribution in [0, 0.1) is 11.3 Å². The van der Waals surface area contributed by atoms with Crippen molar-refractivity contribution in [1.29, 1.82) is 5.26 Å². The van der Waals surface area contributed by atoms with Crippen molar-refractivity contribution in [1.82, 2.24) is 19.7 Å². The van der Waals surface area contributed by atoms with Gasteiger partial charge in [-0.1, -0.05) is 38.1 Å². The molecule has 4 N–H and O–H groups in total. The van der Waals surface area contributed by atoms with Crippen molar-refractivity contribution in [3.8, 4) is 17.2 Å². The number of aromatic nitrogens is 4. The van der Waals surface area contributed by atoms with Gasteiger partial charge in [-0.05, 0) is 17.7 Å². The Balaban J connectivity index is 1.52. The Bertz CT molecular complexity index is 1320. The van der Waals surface area contributed by atoms with Gasteiger partial charge >= 0.3 is 6.03 Å². The molecule has 0 saturated heterocycles. The minimum atomic E-state index is -0.435. The molecule has 32 heavy (non-hydrogen) atoms. The van der Waals surface area contributed by atoms with E-state index >= 15 is 0 Å². The number of benzene rings is 1. The van der Waals surface area contributed by atoms with Crippen molar-refractivity contribution in [2.45, 2.75) is 32.7 Å². The first-order valence-corrected chi connectivity index (χ1v) is 9.88. The molecule has 3 aromatic heterocycles. The van der Waals surface area contributed by atoms with Gasteiger partial charge in [-0.25, -0.2) is 14.8 Å². The zero-order valence-corrected chi connectivity index (χ0v) is 17.9. The summed E-state index contributed by atoms with van der Waals surface area (Å²) >= 11 is 0. The minimum absolute atomic E-state index is 0.145. The van der Waals surface area contributed by atoms with E-state index < -0.39 is 6.03 Å². The van der Waals surface area contributed by atoms with Crippen molar-refractivity contribution in [2.75, 3.05) is 16.4 Å². The van der Waals surface area contributed by atoms with Crippen molar-refractivity contribution < 1.29 is 9.32 Å². The Kier molecular flexibility index (Phi) is 5.24. The third-order valence-corrected chi connectivity index (χ3v) is 4.87. The molecule has 1 aromatic carbocycles. The smallest absolute Gasteiger partial charge is 0.324 e. The molecule has 0 aliphatic rings. The number of carbonyl (C=O) groups excluding carboxylic acids is 1. The Morgan fingerprint density at radius 1 is 1.22 bits per heavy atom. The fraction of sp³-hybridized carbons (Fsp3) is 0.227. The lowest BCUT2D eigenvalue weighted by atomic mass is 9.93. The predicted molar refractivity (Wildman–Crippen MR) is 121 cm³/mol. The number of carbonyl (C=O) groups is 1. The molecule has 2 amide bonds. The number of hydrogen-bond acceptors (Lipinski definition) is 7. The highest BCUT2D eigenvalue weighted by atomic mass is 16.5. The minimum Gasteiger partial charge on any atom is -0.383 e. The number of hydrogen-bond donors (Lipinski definition) is 3. The van der Waals surface area contributed by atoms with E-state index in [0.717, 1.165) is 11.1 Å². The lowest BCUT2D eigenvalue weighted by Gasteiger charge is -2.12. The number of nitrogens with zero attached hydrogens (tertiary/aromatic N) is 5. The predicted octanol–water partition coefficient (Wildman–Crippen LogP) is 4.13. The number of nitrogen functional groups attached to an aromatic ring is 1. The SMILES string of the molecule is CC(C)(C)c1cc(NC(=O)Nc2ccc(-c3cn(CC#N)c4ncnc(N)c34)cc2)no1. The molecule has 10 nitrogen and oxygen atoms in total. The van der Waals surface area contributed by atoms with Crippen LogP contribution in [-0.2, 0) is 12.0 Å². The van der Waals surface area contributed by atoms with Crippen LogP contribution < -0.4 is 16.4 Å². The lowest BCUT2D eigenvalue weighted by Crippen LogP contribution is -2.19. The molecule has 0 unspecified atom stereocenters. The maximum absolute atomic E-state index is 12.3. The summed E-state index contributed by atoms with van der Waals surface area (Å²) in [7, 11) is 0. The Labute approximate surface area is 184 Å². The van der Waals surface area contributed by atoms with Crippen LogP contribution >= 0.6 is 0 Å². The molecule has 0 spiro atoms. The second-order valence-corrected chi connectivity index (χ2v) is 8.27. The number of amides is 2. The molecule has 4 rings (SSSR count). The van der Waals surface area contributed by atoms with Crippen molar-refractivity contribution >= 4 is 34.4 Å². The van der Waals surface area contributed by atoms with Gasteiger partial charge in [0.2, 0.25) is 0 Å². The van der Waals surface area contributed by atoms with Gasteiger partial charge in [-0.2, -0.15) is 5.26 Å². The Morgan fingerprint density at radius 2 is 1.97 bits per heavy atom. The number of fused-ring (bicyclic) bond motifs is 1. The molecule has 3 heterocycles. The molecule has 0 radical (unpaired) electrons. The summed E-state index contributed by atoms with van der Waals surface area (Å²) in [5, 5.41) is 19.1. The van der Waals surface area contributed by atoms with Crippen molar-refractivity contribution in [3.63, 3.8) is 0 Å². The molecule has 0 bridgehead atoms. The lowest BCUT2D eigenvalue weighted by molar-refractivity contribution is 0.262. The number of urea groups is 1. The van der Waals surface area contributed by atoms with Crippen molar-refractivity contribution in [3.05, 3.63) is 48.6 Å². The molecule has 0 saturated carbocycles. The van der Waals surface area contributed by atoms with E-state index in [4.69, 9.17) is 15.5 Å². The van der Waals surface area contributed by atoms with Crippen LogP contribution in [0.5, 0.6) is 0 Å². The maximum Gasteiger partial charge on any atom is 0.324 e. The van der Waals surface area contributed by atoms with Crippen molar-refractivity contribution in [2.24, 2.45) is 0 Å². The number of nitrogens with two attached hydrogens (primary N) is 1. The monoisotopic (exact) mass is 430 g/mol. The fourth-order valence-corrected chi connectivity index (χ4v) is 3.26. The van der Waals surface area contributed by atoms with Gasteiger partial charge in [0.15, 0.2) is 5.82 Å². The summed E-state index contributed by atoms with van der Waals surface area (Å²) in [6, 6.07) is 10.6. The summed E-state index contributed by atoms with van der Waals surface area (Å²) < 4.78 is 7.00. The van der Waals surface area contributed by atoms with Crippen LogP contribution in [0.3, 0.4) is 0 Å². The molecule has 0 aliphatic heterocycles. The van der Waals surface area contributed by atoms with Gasteiger partial charge in [0.1, 0.15) is 30.1 Å². The van der Waals surface area contributed by atoms with Crippen LogP contribution in [0.1, 0.15) is 26.5 Å². The summed E-state index contributed by atoms with van der Waals surface area (Å²) in [4.78, 5) is 20.7. The summed E-state index contributed by atoms with van der Waals surface area (Å²) in [5.74, 6) is 1.35. The quantitative estimate of drug-likeness (QED) is 0.441. The fourth-order valence-electron chi connectivity index (χ4n) is 3.26. The van der Waals surface area contributed by atoms with Gasteiger partial charge in [0.05, 0.1) is 11.5 Å². The zero-order chi connectivity index (χ0) is 22.9. The van der Waals surface area contributed by atoms with Crippen LogP contribution in [0.15, 0.2) is 47.4 Å². The topological polar surface area (TPSA) is 148 Å². The molecular formula is C22H22N8O2. The van der Waals surface area contributed by atoms with E-state index in [1.807, 2.05) is 39.1 Å². The maximum atomic E-state index is 12.3. The third-order valence-electron chi connectivity index (χ3n) is 4.87. The van der Waals surface area contributed by atoms with Crippen LogP contribution in [0.25, 0.3) is 22.2 Å². The first kappa shape index (κ1) is 20.9. The molecule has 162 valence electrons. The van der Waals surface area contributed by atoms with Crippen LogP contribution in [0.2, 0.25) is 0 Å². The van der Waals surface area contributed by atoms with E-state index in [2.05, 4.69) is 31.8 Å². The van der Waals surface area contributed by atoms with Gasteiger partial charge in [0.25, 0.3) is 0 Å². The molecule has 10 heteroatoms. The molecule has 0 fully saturated rings. The highest BCUT2D eigenvalue weighted by Gasteiger charge is 2.20. The van der Waals surface area contributed by atoms with E-state index in [1.165, 1.54) is 6.33 Å². The van der Waals surface area contributed by atoms with E-state index in [1.54, 1.807) is 22.8 Å². The Morgan fingerprint density at radius 3 is 2.62 bits per heavy atom. The van der Waals surface area contributed by atoms with Gasteiger partial charge in [-0.15, -0.1) is 0 Å². The largest absolute Gasteiger partial charge is 0.383 e. The number of nitriles is 1. The average Bonchev–Trinajstić information content (AvgIpc) is 3.35. The van der Waals surface area contributed by atoms with Gasteiger partial charge in [0, 0.05) is 28.9 Å². The molecular weight excluding hydrogens is 408 g/mol. The highest BCUT2D eigenvalue weighted by molar-refractivity contribution is 6.02. The standard InChI is InChI=1S/C22H22N8O2/c1-22(2,3)16-10-17(29-32-16)28-21(31)27-14-6-4-13(5-7-14)15-11-30(9-8-23)20-18(15)19(24)25-12-26-20/h4-7,10-12H,9H2,1-3H3,(H2,24,25,26)(H2,27,28,29,31). The molecule has 0 atom stereocenters. The Hall–Kier alpha value is -4.39. The van der Waals surface area contributed by atoms with E-state index in [0.29, 0.717) is 34.1 Å². The second-order valence-electron chi connectivity index (χ2n) is 8.27.